The van der Waals surface area contributed by atoms with Crippen molar-refractivity contribution < 1.29 is 0 Å². The Bertz CT molecular complexity index is 225. The highest BCUT2D eigenvalue weighted by atomic mass is 15.2. The van der Waals surface area contributed by atoms with Crippen LogP contribution in [0.3, 0.4) is 0 Å². The van der Waals surface area contributed by atoms with Gasteiger partial charge in [0.25, 0.3) is 0 Å². The summed E-state index contributed by atoms with van der Waals surface area (Å²) in [5.74, 6) is 0.976. The molecular weight excluding hydrogens is 208 g/mol. The fourth-order valence-corrected chi connectivity index (χ4v) is 3.53. The largest absolute Gasteiger partial charge is 0.329 e. The molecule has 2 aliphatic rings. The SMILES string of the molecule is CC(C)N(CC1CC1)C1(CN)CCCCCC1. The number of hydrogen-bond donors (Lipinski definition) is 1. The molecule has 0 spiro atoms. The summed E-state index contributed by atoms with van der Waals surface area (Å²) in [5.41, 5.74) is 6.53. The van der Waals surface area contributed by atoms with Crippen LogP contribution in [0, 0.1) is 5.92 Å². The normalized spacial score (nSPS) is 25.2. The molecule has 0 radical (unpaired) electrons. The lowest BCUT2D eigenvalue weighted by Gasteiger charge is -2.46. The third-order valence-corrected chi connectivity index (χ3v) is 4.80. The van der Waals surface area contributed by atoms with E-state index in [-0.39, 0.29) is 0 Å². The molecule has 0 atom stereocenters. The monoisotopic (exact) mass is 238 g/mol. The maximum atomic E-state index is 6.20. The first kappa shape index (κ1) is 13.4. The molecule has 0 saturated heterocycles. The zero-order chi connectivity index (χ0) is 12.3. The minimum absolute atomic E-state index is 0.327. The van der Waals surface area contributed by atoms with Crippen LogP contribution in [-0.2, 0) is 0 Å². The average Bonchev–Trinajstić information content (AvgIpc) is 3.13. The molecule has 0 aliphatic heterocycles. The summed E-state index contributed by atoms with van der Waals surface area (Å²) in [6, 6.07) is 0.650. The molecule has 2 heteroatoms. The predicted octanol–water partition coefficient (Wildman–Crippen LogP) is 3.16. The molecule has 0 unspecified atom stereocenters. The van der Waals surface area contributed by atoms with E-state index in [2.05, 4.69) is 18.7 Å². The van der Waals surface area contributed by atoms with Gasteiger partial charge in [-0.1, -0.05) is 25.7 Å². The summed E-state index contributed by atoms with van der Waals surface area (Å²) in [4.78, 5) is 2.76. The van der Waals surface area contributed by atoms with Crippen LogP contribution in [0.5, 0.6) is 0 Å². The molecule has 0 bridgehead atoms. The smallest absolute Gasteiger partial charge is 0.0334 e. The fraction of sp³-hybridized carbons (Fsp3) is 1.00. The molecule has 0 heterocycles. The van der Waals surface area contributed by atoms with Gasteiger partial charge in [0.15, 0.2) is 0 Å². The minimum atomic E-state index is 0.327. The third kappa shape index (κ3) is 3.23. The van der Waals surface area contributed by atoms with Crippen LogP contribution in [0.4, 0.5) is 0 Å². The van der Waals surface area contributed by atoms with Gasteiger partial charge in [-0.25, -0.2) is 0 Å². The van der Waals surface area contributed by atoms with E-state index < -0.39 is 0 Å². The summed E-state index contributed by atoms with van der Waals surface area (Å²) >= 11 is 0. The second kappa shape index (κ2) is 5.71. The van der Waals surface area contributed by atoms with Gasteiger partial charge in [-0.3, -0.25) is 4.90 Å². The van der Waals surface area contributed by atoms with Gasteiger partial charge in [0.1, 0.15) is 0 Å². The van der Waals surface area contributed by atoms with Crippen molar-refractivity contribution >= 4 is 0 Å². The molecule has 0 aromatic carbocycles. The Morgan fingerprint density at radius 1 is 1.12 bits per heavy atom. The summed E-state index contributed by atoms with van der Waals surface area (Å²) in [6.45, 7) is 6.86. The molecule has 0 aromatic heterocycles. The van der Waals surface area contributed by atoms with Crippen LogP contribution in [0.1, 0.15) is 65.2 Å². The van der Waals surface area contributed by atoms with E-state index in [0.29, 0.717) is 11.6 Å². The van der Waals surface area contributed by atoms with E-state index >= 15 is 0 Å². The van der Waals surface area contributed by atoms with Crippen molar-refractivity contribution in [3.05, 3.63) is 0 Å². The first-order valence-electron chi connectivity index (χ1n) is 7.65. The molecule has 2 rings (SSSR count). The van der Waals surface area contributed by atoms with Crippen molar-refractivity contribution in [2.75, 3.05) is 13.1 Å². The Morgan fingerprint density at radius 2 is 1.71 bits per heavy atom. The van der Waals surface area contributed by atoms with Gasteiger partial charge >= 0.3 is 0 Å². The Hall–Kier alpha value is -0.0800. The Kier molecular flexibility index (Phi) is 4.48. The molecule has 2 nitrogen and oxygen atoms in total. The lowest BCUT2D eigenvalue weighted by molar-refractivity contribution is 0.0431. The molecule has 2 N–H and O–H groups in total. The van der Waals surface area contributed by atoms with Gasteiger partial charge in [0.05, 0.1) is 0 Å². The average molecular weight is 238 g/mol. The van der Waals surface area contributed by atoms with Gasteiger partial charge < -0.3 is 5.73 Å². The molecule has 17 heavy (non-hydrogen) atoms. The first-order chi connectivity index (χ1) is 8.18. The predicted molar refractivity (Wildman–Crippen MR) is 74.1 cm³/mol. The van der Waals surface area contributed by atoms with Crippen LogP contribution in [0.25, 0.3) is 0 Å². The zero-order valence-electron chi connectivity index (χ0n) is 11.8. The Labute approximate surface area is 107 Å². The van der Waals surface area contributed by atoms with Crippen molar-refractivity contribution in [1.29, 1.82) is 0 Å². The van der Waals surface area contributed by atoms with Gasteiger partial charge in [-0.2, -0.15) is 0 Å². The molecular formula is C15H30N2. The lowest BCUT2D eigenvalue weighted by Crippen LogP contribution is -2.57. The molecule has 2 saturated carbocycles. The second-order valence-electron chi connectivity index (χ2n) is 6.53. The number of nitrogens with two attached hydrogens (primary N) is 1. The van der Waals surface area contributed by atoms with Crippen molar-refractivity contribution in [2.45, 2.75) is 76.8 Å². The standard InChI is InChI=1S/C15H30N2/c1-13(2)17(11-14-7-8-14)15(12-16)9-5-3-4-6-10-15/h13-14H,3-12,16H2,1-2H3. The molecule has 0 amide bonds. The highest BCUT2D eigenvalue weighted by Gasteiger charge is 2.39. The topological polar surface area (TPSA) is 29.3 Å². The minimum Gasteiger partial charge on any atom is -0.329 e. The van der Waals surface area contributed by atoms with E-state index in [9.17, 15) is 0 Å². The van der Waals surface area contributed by atoms with E-state index in [0.717, 1.165) is 12.5 Å². The highest BCUT2D eigenvalue weighted by molar-refractivity contribution is 4.96. The summed E-state index contributed by atoms with van der Waals surface area (Å²) in [6.07, 6.45) is 11.1. The Morgan fingerprint density at radius 3 is 2.12 bits per heavy atom. The summed E-state index contributed by atoms with van der Waals surface area (Å²) in [7, 11) is 0. The van der Waals surface area contributed by atoms with Crippen LogP contribution in [0.2, 0.25) is 0 Å². The quantitative estimate of drug-likeness (QED) is 0.746. The maximum Gasteiger partial charge on any atom is 0.0334 e. The molecule has 2 aliphatic carbocycles. The number of rotatable bonds is 5. The van der Waals surface area contributed by atoms with Gasteiger partial charge in [-0.15, -0.1) is 0 Å². The lowest BCUT2D eigenvalue weighted by atomic mass is 9.86. The number of hydrogen-bond acceptors (Lipinski definition) is 2. The van der Waals surface area contributed by atoms with E-state index in [4.69, 9.17) is 5.73 Å². The van der Waals surface area contributed by atoms with Crippen molar-refractivity contribution in [3.63, 3.8) is 0 Å². The van der Waals surface area contributed by atoms with Crippen LogP contribution in [0.15, 0.2) is 0 Å². The van der Waals surface area contributed by atoms with Crippen molar-refractivity contribution in [1.82, 2.24) is 4.90 Å². The van der Waals surface area contributed by atoms with Gasteiger partial charge in [0, 0.05) is 24.7 Å². The van der Waals surface area contributed by atoms with Crippen LogP contribution >= 0.6 is 0 Å². The first-order valence-corrected chi connectivity index (χ1v) is 7.65. The maximum absolute atomic E-state index is 6.20. The fourth-order valence-electron chi connectivity index (χ4n) is 3.53. The van der Waals surface area contributed by atoms with Crippen LogP contribution in [-0.4, -0.2) is 29.6 Å². The molecule has 100 valence electrons. The zero-order valence-corrected chi connectivity index (χ0v) is 11.8. The molecule has 0 aromatic rings. The van der Waals surface area contributed by atoms with E-state index in [1.807, 2.05) is 0 Å². The van der Waals surface area contributed by atoms with E-state index in [1.165, 1.54) is 57.9 Å². The summed E-state index contributed by atoms with van der Waals surface area (Å²) in [5, 5.41) is 0. The number of nitrogens with zero attached hydrogens (tertiary/aromatic N) is 1. The van der Waals surface area contributed by atoms with Gasteiger partial charge in [-0.05, 0) is 45.4 Å². The Balaban J connectivity index is 2.09. The van der Waals surface area contributed by atoms with Crippen LogP contribution < -0.4 is 5.73 Å². The highest BCUT2D eigenvalue weighted by Crippen LogP contribution is 2.38. The van der Waals surface area contributed by atoms with E-state index in [1.54, 1.807) is 0 Å². The molecule has 2 fully saturated rings. The van der Waals surface area contributed by atoms with Crippen molar-refractivity contribution in [2.24, 2.45) is 11.7 Å². The third-order valence-electron chi connectivity index (χ3n) is 4.80. The van der Waals surface area contributed by atoms with Gasteiger partial charge in [0.2, 0.25) is 0 Å². The second-order valence-corrected chi connectivity index (χ2v) is 6.53. The van der Waals surface area contributed by atoms with Crippen molar-refractivity contribution in [3.8, 4) is 0 Å². The summed E-state index contributed by atoms with van der Waals surface area (Å²) < 4.78 is 0.